The van der Waals surface area contributed by atoms with Crippen LogP contribution < -0.4 is 5.32 Å². The van der Waals surface area contributed by atoms with Gasteiger partial charge in [0.25, 0.3) is 0 Å². The molecule has 0 aliphatic heterocycles. The summed E-state index contributed by atoms with van der Waals surface area (Å²) in [5.41, 5.74) is 5.77. The summed E-state index contributed by atoms with van der Waals surface area (Å²) < 4.78 is 0. The van der Waals surface area contributed by atoms with Crippen LogP contribution in [-0.2, 0) is 4.79 Å². The fourth-order valence-corrected chi connectivity index (χ4v) is 5.60. The van der Waals surface area contributed by atoms with Gasteiger partial charge in [-0.3, -0.25) is 29.6 Å². The summed E-state index contributed by atoms with van der Waals surface area (Å²) in [5.74, 6) is 0.743. The average molecular weight is 535 g/mol. The SMILES string of the molecule is CC(=O)c1ccc(-c2nccc3[nH]c(-c4n[nH]c5cnc(-c6cncc(NC(=O)C7CCC7)c6)cc45)nc23)s1. The van der Waals surface area contributed by atoms with Crippen LogP contribution >= 0.6 is 11.3 Å². The van der Waals surface area contributed by atoms with Gasteiger partial charge in [0.2, 0.25) is 5.91 Å². The molecule has 192 valence electrons. The molecule has 0 saturated heterocycles. The summed E-state index contributed by atoms with van der Waals surface area (Å²) in [4.78, 5) is 47.4. The number of amides is 1. The Morgan fingerprint density at radius 1 is 1.03 bits per heavy atom. The molecule has 6 heterocycles. The standard InChI is InChI=1S/C28H22N8O2S/c1-14(37)22-5-6-23(39-22)26-25-19(7-8-30-26)33-27(34-25)24-18-10-20(31-13-21(18)35-36-24)16-9-17(12-29-11-16)32-28(38)15-3-2-4-15/h5-13,15H,2-4H2,1H3,(H,32,38)(H,33,34)(H,35,36). The summed E-state index contributed by atoms with van der Waals surface area (Å²) in [7, 11) is 0. The number of H-pyrrole nitrogens is 2. The van der Waals surface area contributed by atoms with Crippen LogP contribution in [0.15, 0.2) is 55.1 Å². The zero-order chi connectivity index (χ0) is 26.5. The molecule has 39 heavy (non-hydrogen) atoms. The molecule has 1 aliphatic carbocycles. The van der Waals surface area contributed by atoms with Crippen LogP contribution in [0.4, 0.5) is 5.69 Å². The lowest BCUT2D eigenvalue weighted by Crippen LogP contribution is -2.28. The molecule has 6 aromatic heterocycles. The number of thiophene rings is 1. The molecule has 1 aliphatic rings. The van der Waals surface area contributed by atoms with Crippen molar-refractivity contribution in [1.29, 1.82) is 0 Å². The van der Waals surface area contributed by atoms with Gasteiger partial charge in [-0.1, -0.05) is 6.42 Å². The van der Waals surface area contributed by atoms with Gasteiger partial charge in [-0.15, -0.1) is 11.3 Å². The quantitative estimate of drug-likeness (QED) is 0.235. The number of imidazole rings is 1. The lowest BCUT2D eigenvalue weighted by Gasteiger charge is -2.24. The van der Waals surface area contributed by atoms with Gasteiger partial charge in [-0.25, -0.2) is 4.98 Å². The molecule has 0 radical (unpaired) electrons. The van der Waals surface area contributed by atoms with E-state index >= 15 is 0 Å². The van der Waals surface area contributed by atoms with Gasteiger partial charge < -0.3 is 10.3 Å². The van der Waals surface area contributed by atoms with E-state index in [2.05, 4.69) is 35.5 Å². The van der Waals surface area contributed by atoms with E-state index in [-0.39, 0.29) is 17.6 Å². The zero-order valence-electron chi connectivity index (χ0n) is 20.9. The highest BCUT2D eigenvalue weighted by molar-refractivity contribution is 7.17. The second kappa shape index (κ2) is 9.21. The predicted molar refractivity (Wildman–Crippen MR) is 149 cm³/mol. The van der Waals surface area contributed by atoms with Crippen molar-refractivity contribution in [2.45, 2.75) is 26.2 Å². The average Bonchev–Trinajstić information content (AvgIpc) is 3.65. The smallest absolute Gasteiger partial charge is 0.227 e. The van der Waals surface area contributed by atoms with Crippen molar-refractivity contribution in [3.05, 3.63) is 60.0 Å². The maximum absolute atomic E-state index is 12.4. The monoisotopic (exact) mass is 534 g/mol. The highest BCUT2D eigenvalue weighted by atomic mass is 32.1. The number of aromatic nitrogens is 7. The minimum Gasteiger partial charge on any atom is -0.336 e. The number of hydrogen-bond acceptors (Lipinski definition) is 8. The molecule has 0 unspecified atom stereocenters. The molecule has 1 fully saturated rings. The maximum Gasteiger partial charge on any atom is 0.227 e. The van der Waals surface area contributed by atoms with Crippen LogP contribution in [0.1, 0.15) is 35.9 Å². The minimum absolute atomic E-state index is 0.0232. The van der Waals surface area contributed by atoms with Crippen LogP contribution in [0.3, 0.4) is 0 Å². The number of carbonyl (C=O) groups excluding carboxylic acids is 2. The normalized spacial score (nSPS) is 13.6. The Balaban J connectivity index is 1.25. The lowest BCUT2D eigenvalue weighted by atomic mass is 9.85. The van der Waals surface area contributed by atoms with Crippen LogP contribution in [0.5, 0.6) is 0 Å². The number of fused-ring (bicyclic) bond motifs is 2. The predicted octanol–water partition coefficient (Wildman–Crippen LogP) is 5.63. The van der Waals surface area contributed by atoms with Crippen molar-refractivity contribution < 1.29 is 9.59 Å². The van der Waals surface area contributed by atoms with Gasteiger partial charge in [0.15, 0.2) is 11.6 Å². The molecular weight excluding hydrogens is 512 g/mol. The number of aromatic amines is 2. The summed E-state index contributed by atoms with van der Waals surface area (Å²) in [6.45, 7) is 1.56. The van der Waals surface area contributed by atoms with E-state index in [9.17, 15) is 9.59 Å². The van der Waals surface area contributed by atoms with E-state index in [1.54, 1.807) is 31.7 Å². The Hall–Kier alpha value is -4.77. The lowest BCUT2D eigenvalue weighted by molar-refractivity contribution is -0.122. The van der Waals surface area contributed by atoms with E-state index in [1.165, 1.54) is 11.3 Å². The van der Waals surface area contributed by atoms with Crippen molar-refractivity contribution in [1.82, 2.24) is 35.1 Å². The van der Waals surface area contributed by atoms with Crippen molar-refractivity contribution in [3.8, 4) is 33.3 Å². The van der Waals surface area contributed by atoms with Crippen molar-refractivity contribution in [3.63, 3.8) is 0 Å². The van der Waals surface area contributed by atoms with E-state index < -0.39 is 0 Å². The first-order valence-corrected chi connectivity index (χ1v) is 13.4. The number of ketones is 1. The fraction of sp³-hybridized carbons (Fsp3) is 0.179. The minimum atomic E-state index is 0.0232. The summed E-state index contributed by atoms with van der Waals surface area (Å²) in [5, 5.41) is 11.4. The summed E-state index contributed by atoms with van der Waals surface area (Å²) in [6.07, 6.45) is 9.80. The Labute approximate surface area is 226 Å². The molecule has 3 N–H and O–H groups in total. The first kappa shape index (κ1) is 23.4. The molecule has 6 aromatic rings. The number of carbonyl (C=O) groups is 2. The Morgan fingerprint density at radius 2 is 1.92 bits per heavy atom. The van der Waals surface area contributed by atoms with Gasteiger partial charge in [0.1, 0.15) is 16.9 Å². The van der Waals surface area contributed by atoms with Gasteiger partial charge in [0, 0.05) is 29.3 Å². The zero-order valence-corrected chi connectivity index (χ0v) is 21.7. The highest BCUT2D eigenvalue weighted by Gasteiger charge is 2.25. The molecule has 0 spiro atoms. The van der Waals surface area contributed by atoms with Crippen molar-refractivity contribution in [2.24, 2.45) is 5.92 Å². The van der Waals surface area contributed by atoms with Gasteiger partial charge in [-0.2, -0.15) is 5.10 Å². The number of nitrogens with zero attached hydrogens (tertiary/aromatic N) is 5. The van der Waals surface area contributed by atoms with E-state index in [1.807, 2.05) is 30.3 Å². The Kier molecular flexibility index (Phi) is 5.51. The summed E-state index contributed by atoms with van der Waals surface area (Å²) in [6, 6.07) is 9.40. The van der Waals surface area contributed by atoms with Gasteiger partial charge in [-0.05, 0) is 50.1 Å². The third kappa shape index (κ3) is 4.16. The number of hydrogen-bond donors (Lipinski definition) is 3. The topological polar surface area (TPSA) is 142 Å². The van der Waals surface area contributed by atoms with Crippen LogP contribution in [0, 0.1) is 5.92 Å². The first-order valence-electron chi connectivity index (χ1n) is 12.6. The first-order chi connectivity index (χ1) is 19.0. The molecule has 11 heteroatoms. The molecule has 1 saturated carbocycles. The fourth-order valence-electron chi connectivity index (χ4n) is 4.70. The number of pyridine rings is 3. The van der Waals surface area contributed by atoms with Crippen LogP contribution in [0.2, 0.25) is 0 Å². The molecule has 10 nitrogen and oxygen atoms in total. The summed E-state index contributed by atoms with van der Waals surface area (Å²) >= 11 is 1.40. The molecular formula is C28H22N8O2S. The Bertz CT molecular complexity index is 1900. The van der Waals surface area contributed by atoms with Gasteiger partial charge in [0.05, 0.1) is 44.6 Å². The second-order valence-corrected chi connectivity index (χ2v) is 10.7. The van der Waals surface area contributed by atoms with Crippen LogP contribution in [-0.4, -0.2) is 46.8 Å². The number of rotatable bonds is 6. The maximum atomic E-state index is 12.4. The third-order valence-corrected chi connectivity index (χ3v) is 8.23. The van der Waals surface area contributed by atoms with Crippen LogP contribution in [0.25, 0.3) is 55.3 Å². The molecule has 0 bridgehead atoms. The number of anilines is 1. The second-order valence-electron chi connectivity index (χ2n) is 9.63. The van der Waals surface area contributed by atoms with Crippen molar-refractivity contribution in [2.75, 3.05) is 5.32 Å². The molecule has 7 rings (SSSR count). The highest BCUT2D eigenvalue weighted by Crippen LogP contribution is 2.34. The molecule has 1 amide bonds. The third-order valence-electron chi connectivity index (χ3n) is 7.04. The largest absolute Gasteiger partial charge is 0.336 e. The van der Waals surface area contributed by atoms with Gasteiger partial charge >= 0.3 is 0 Å². The number of nitrogens with one attached hydrogen (secondary N) is 3. The Morgan fingerprint density at radius 3 is 2.72 bits per heavy atom. The molecule has 0 aromatic carbocycles. The van der Waals surface area contributed by atoms with E-state index in [0.717, 1.165) is 46.1 Å². The molecule has 0 atom stereocenters. The van der Waals surface area contributed by atoms with E-state index in [0.29, 0.717) is 39.0 Å². The number of Topliss-reactive ketones (excluding diaryl/α,β-unsaturated/α-hetero) is 1. The van der Waals surface area contributed by atoms with E-state index in [4.69, 9.17) is 4.98 Å². The van der Waals surface area contributed by atoms with Crippen molar-refractivity contribution >= 4 is 50.7 Å².